The van der Waals surface area contributed by atoms with E-state index in [9.17, 15) is 0 Å². The standard InChI is InChI=1S/C13H23N3O2/c1-5-14-13(15-8-9-17-4)16-11(3)12-7-6-10(2)18-12/h6-7,11H,5,8-9H2,1-4H3,(H2,14,15,16). The molecule has 1 atom stereocenters. The minimum Gasteiger partial charge on any atom is -0.464 e. The number of nitrogens with zero attached hydrogens (tertiary/aromatic N) is 1. The van der Waals surface area contributed by atoms with E-state index in [1.165, 1.54) is 0 Å². The molecule has 5 nitrogen and oxygen atoms in total. The molecule has 5 heteroatoms. The molecule has 0 saturated heterocycles. The Balaban J connectivity index is 2.56. The molecule has 2 N–H and O–H groups in total. The van der Waals surface area contributed by atoms with Crippen molar-refractivity contribution in [3.8, 4) is 0 Å². The smallest absolute Gasteiger partial charge is 0.191 e. The van der Waals surface area contributed by atoms with Crippen LogP contribution in [-0.4, -0.2) is 32.8 Å². The first-order valence-electron chi connectivity index (χ1n) is 6.27. The highest BCUT2D eigenvalue weighted by atomic mass is 16.5. The number of rotatable bonds is 6. The van der Waals surface area contributed by atoms with Crippen molar-refractivity contribution in [1.82, 2.24) is 10.6 Å². The first-order valence-corrected chi connectivity index (χ1v) is 6.27. The Labute approximate surface area is 109 Å². The third kappa shape index (κ3) is 4.79. The number of guanidine groups is 1. The largest absolute Gasteiger partial charge is 0.464 e. The van der Waals surface area contributed by atoms with Crippen LogP contribution in [0, 0.1) is 6.92 Å². The van der Waals surface area contributed by atoms with E-state index in [1.54, 1.807) is 7.11 Å². The second kappa shape index (κ2) is 7.76. The van der Waals surface area contributed by atoms with Crippen molar-refractivity contribution < 1.29 is 9.15 Å². The van der Waals surface area contributed by atoms with E-state index in [0.717, 1.165) is 24.0 Å². The van der Waals surface area contributed by atoms with E-state index in [4.69, 9.17) is 9.15 Å². The first kappa shape index (κ1) is 14.6. The molecule has 1 aromatic rings. The van der Waals surface area contributed by atoms with Crippen molar-refractivity contribution in [3.63, 3.8) is 0 Å². The summed E-state index contributed by atoms with van der Waals surface area (Å²) in [6.45, 7) is 8.09. The normalized spacial score (nSPS) is 13.4. The average molecular weight is 253 g/mol. The number of nitrogens with one attached hydrogen (secondary N) is 2. The Morgan fingerprint density at radius 3 is 2.83 bits per heavy atom. The van der Waals surface area contributed by atoms with Gasteiger partial charge in [0.25, 0.3) is 0 Å². The Kier molecular flexibility index (Phi) is 6.28. The number of ether oxygens (including phenoxy) is 1. The molecule has 0 aromatic carbocycles. The molecule has 102 valence electrons. The van der Waals surface area contributed by atoms with Crippen LogP contribution in [0.15, 0.2) is 21.5 Å². The fourth-order valence-electron chi connectivity index (χ4n) is 1.53. The second-order valence-corrected chi connectivity index (χ2v) is 4.07. The Morgan fingerprint density at radius 1 is 1.50 bits per heavy atom. The van der Waals surface area contributed by atoms with Crippen molar-refractivity contribution in [1.29, 1.82) is 0 Å². The third-order valence-corrected chi connectivity index (χ3v) is 2.45. The predicted octanol–water partition coefficient (Wildman–Crippen LogP) is 1.85. The van der Waals surface area contributed by atoms with Crippen LogP contribution in [0.2, 0.25) is 0 Å². The molecule has 1 aromatic heterocycles. The maximum atomic E-state index is 5.58. The second-order valence-electron chi connectivity index (χ2n) is 4.07. The van der Waals surface area contributed by atoms with Crippen molar-refractivity contribution in [2.24, 2.45) is 4.99 Å². The number of aliphatic imine (C=N–C) groups is 1. The fourth-order valence-corrected chi connectivity index (χ4v) is 1.53. The van der Waals surface area contributed by atoms with Crippen molar-refractivity contribution in [2.75, 3.05) is 26.8 Å². The molecule has 0 aliphatic carbocycles. The van der Waals surface area contributed by atoms with Crippen molar-refractivity contribution in [3.05, 3.63) is 23.7 Å². The van der Waals surface area contributed by atoms with Gasteiger partial charge in [0.1, 0.15) is 11.5 Å². The van der Waals surface area contributed by atoms with Gasteiger partial charge in [-0.3, -0.25) is 4.99 Å². The van der Waals surface area contributed by atoms with E-state index >= 15 is 0 Å². The van der Waals surface area contributed by atoms with Gasteiger partial charge in [-0.2, -0.15) is 0 Å². The summed E-state index contributed by atoms with van der Waals surface area (Å²) < 4.78 is 10.6. The lowest BCUT2D eigenvalue weighted by Gasteiger charge is -2.16. The number of aryl methyl sites for hydroxylation is 1. The van der Waals surface area contributed by atoms with Gasteiger partial charge in [-0.05, 0) is 32.9 Å². The molecule has 0 spiro atoms. The molecule has 0 bridgehead atoms. The van der Waals surface area contributed by atoms with Crippen LogP contribution in [0.1, 0.15) is 31.4 Å². The summed E-state index contributed by atoms with van der Waals surface area (Å²) in [6.07, 6.45) is 0. The monoisotopic (exact) mass is 253 g/mol. The molecule has 0 aliphatic heterocycles. The summed E-state index contributed by atoms with van der Waals surface area (Å²) in [4.78, 5) is 4.40. The Bertz CT molecular complexity index is 374. The SMILES string of the molecule is CCNC(=NCCOC)NC(C)c1ccc(C)o1. The van der Waals surface area contributed by atoms with Crippen LogP contribution in [0.3, 0.4) is 0 Å². The molecular weight excluding hydrogens is 230 g/mol. The molecule has 1 rings (SSSR count). The summed E-state index contributed by atoms with van der Waals surface area (Å²) in [5.41, 5.74) is 0. The maximum Gasteiger partial charge on any atom is 0.191 e. The van der Waals surface area contributed by atoms with Crippen LogP contribution in [0.5, 0.6) is 0 Å². The molecule has 0 amide bonds. The summed E-state index contributed by atoms with van der Waals surface area (Å²) in [5.74, 6) is 2.60. The Morgan fingerprint density at radius 2 is 2.28 bits per heavy atom. The van der Waals surface area contributed by atoms with Gasteiger partial charge < -0.3 is 19.8 Å². The van der Waals surface area contributed by atoms with Gasteiger partial charge in [-0.1, -0.05) is 0 Å². The van der Waals surface area contributed by atoms with Gasteiger partial charge in [0, 0.05) is 13.7 Å². The van der Waals surface area contributed by atoms with Gasteiger partial charge in [0.2, 0.25) is 0 Å². The number of hydrogen-bond acceptors (Lipinski definition) is 3. The zero-order chi connectivity index (χ0) is 13.4. The van der Waals surface area contributed by atoms with Gasteiger partial charge >= 0.3 is 0 Å². The maximum absolute atomic E-state index is 5.58. The summed E-state index contributed by atoms with van der Waals surface area (Å²) in [6, 6.07) is 4.02. The topological polar surface area (TPSA) is 58.8 Å². The van der Waals surface area contributed by atoms with E-state index in [0.29, 0.717) is 13.2 Å². The molecule has 18 heavy (non-hydrogen) atoms. The van der Waals surface area contributed by atoms with Gasteiger partial charge in [-0.25, -0.2) is 0 Å². The lowest BCUT2D eigenvalue weighted by atomic mass is 10.2. The highest BCUT2D eigenvalue weighted by Gasteiger charge is 2.10. The highest BCUT2D eigenvalue weighted by Crippen LogP contribution is 2.15. The predicted molar refractivity (Wildman–Crippen MR) is 72.9 cm³/mol. The number of furan rings is 1. The van der Waals surface area contributed by atoms with Crippen LogP contribution < -0.4 is 10.6 Å². The molecule has 1 heterocycles. The average Bonchev–Trinajstić information content (AvgIpc) is 2.76. The number of methoxy groups -OCH3 is 1. The summed E-state index contributed by atoms with van der Waals surface area (Å²) >= 11 is 0. The van der Waals surface area contributed by atoms with Crippen LogP contribution in [0.25, 0.3) is 0 Å². The molecule has 0 saturated carbocycles. The summed E-state index contributed by atoms with van der Waals surface area (Å²) in [5, 5.41) is 6.49. The van der Waals surface area contributed by atoms with Gasteiger partial charge in [0.15, 0.2) is 5.96 Å². The van der Waals surface area contributed by atoms with Gasteiger partial charge in [-0.15, -0.1) is 0 Å². The fraction of sp³-hybridized carbons (Fsp3) is 0.615. The van der Waals surface area contributed by atoms with Crippen molar-refractivity contribution >= 4 is 5.96 Å². The number of hydrogen-bond donors (Lipinski definition) is 2. The van der Waals surface area contributed by atoms with E-state index in [1.807, 2.05) is 32.9 Å². The zero-order valence-corrected chi connectivity index (χ0v) is 11.6. The lowest BCUT2D eigenvalue weighted by Crippen LogP contribution is -2.38. The van der Waals surface area contributed by atoms with E-state index < -0.39 is 0 Å². The lowest BCUT2D eigenvalue weighted by molar-refractivity contribution is 0.208. The molecule has 0 aliphatic rings. The van der Waals surface area contributed by atoms with Crippen LogP contribution in [0.4, 0.5) is 0 Å². The molecular formula is C13H23N3O2. The van der Waals surface area contributed by atoms with Crippen LogP contribution >= 0.6 is 0 Å². The van der Waals surface area contributed by atoms with Gasteiger partial charge in [0.05, 0.1) is 19.2 Å². The minimum absolute atomic E-state index is 0.0824. The minimum atomic E-state index is 0.0824. The molecule has 0 fully saturated rings. The first-order chi connectivity index (χ1) is 8.67. The van der Waals surface area contributed by atoms with Crippen molar-refractivity contribution in [2.45, 2.75) is 26.8 Å². The summed E-state index contributed by atoms with van der Waals surface area (Å²) in [7, 11) is 1.67. The van der Waals surface area contributed by atoms with Crippen LogP contribution in [-0.2, 0) is 4.74 Å². The molecule has 1 unspecified atom stereocenters. The van der Waals surface area contributed by atoms with E-state index in [2.05, 4.69) is 15.6 Å². The van der Waals surface area contributed by atoms with E-state index in [-0.39, 0.29) is 6.04 Å². The molecule has 0 radical (unpaired) electrons. The Hall–Kier alpha value is -1.49. The zero-order valence-electron chi connectivity index (χ0n) is 11.6. The highest BCUT2D eigenvalue weighted by molar-refractivity contribution is 5.80. The quantitative estimate of drug-likeness (QED) is 0.461. The third-order valence-electron chi connectivity index (χ3n) is 2.45.